The zero-order valence-corrected chi connectivity index (χ0v) is 16.1. The summed E-state index contributed by atoms with van der Waals surface area (Å²) in [6, 6.07) is 10.8. The molecule has 1 aromatic heterocycles. The first kappa shape index (κ1) is 18.4. The number of aryl methyl sites for hydroxylation is 1. The number of rotatable bonds is 5. The van der Waals surface area contributed by atoms with Crippen LogP contribution in [0.15, 0.2) is 35.3 Å². The molecule has 0 bridgehead atoms. The van der Waals surface area contributed by atoms with Gasteiger partial charge in [-0.15, -0.1) is 10.2 Å². The predicted octanol–water partition coefficient (Wildman–Crippen LogP) is 2.54. The largest absolute Gasteiger partial charge is 0.357 e. The molecule has 1 fully saturated rings. The van der Waals surface area contributed by atoms with E-state index in [-0.39, 0.29) is 0 Å². The Morgan fingerprint density at radius 3 is 2.54 bits per heavy atom. The number of aliphatic imine (C=N–C) groups is 1. The van der Waals surface area contributed by atoms with Gasteiger partial charge in [0.05, 0.1) is 0 Å². The Balaban J connectivity index is 1.57. The summed E-state index contributed by atoms with van der Waals surface area (Å²) in [5.41, 5.74) is 1.45. The smallest absolute Gasteiger partial charge is 0.194 e. The van der Waals surface area contributed by atoms with Crippen LogP contribution in [0.25, 0.3) is 0 Å². The molecule has 1 aliphatic heterocycles. The van der Waals surface area contributed by atoms with Gasteiger partial charge in [-0.25, -0.2) is 4.99 Å². The summed E-state index contributed by atoms with van der Waals surface area (Å²) >= 11 is 0. The van der Waals surface area contributed by atoms with Crippen LogP contribution < -0.4 is 5.32 Å². The van der Waals surface area contributed by atoms with E-state index >= 15 is 0 Å². The summed E-state index contributed by atoms with van der Waals surface area (Å²) in [7, 11) is 1.99. The van der Waals surface area contributed by atoms with E-state index in [1.54, 1.807) is 0 Å². The number of aromatic nitrogens is 3. The fraction of sp³-hybridized carbons (Fsp3) is 0.550. The minimum absolute atomic E-state index is 0.559. The highest BCUT2D eigenvalue weighted by molar-refractivity contribution is 5.80. The van der Waals surface area contributed by atoms with Crippen molar-refractivity contribution in [2.75, 3.05) is 19.6 Å². The topological polar surface area (TPSA) is 58.3 Å². The second-order valence-electron chi connectivity index (χ2n) is 7.01. The molecule has 6 heteroatoms. The van der Waals surface area contributed by atoms with Crippen LogP contribution in [0.2, 0.25) is 0 Å². The number of nitrogens with zero attached hydrogens (tertiary/aromatic N) is 5. The van der Waals surface area contributed by atoms with E-state index in [0.717, 1.165) is 43.2 Å². The Morgan fingerprint density at radius 2 is 1.92 bits per heavy atom. The van der Waals surface area contributed by atoms with Crippen molar-refractivity contribution in [1.29, 1.82) is 0 Å². The Labute approximate surface area is 156 Å². The van der Waals surface area contributed by atoms with Crippen LogP contribution in [0.4, 0.5) is 0 Å². The minimum Gasteiger partial charge on any atom is -0.357 e. The molecule has 2 heterocycles. The van der Waals surface area contributed by atoms with Crippen LogP contribution in [-0.2, 0) is 20.0 Å². The number of piperidine rings is 1. The van der Waals surface area contributed by atoms with E-state index in [1.165, 1.54) is 24.8 Å². The average Bonchev–Trinajstić information content (AvgIpc) is 2.99. The second kappa shape index (κ2) is 8.83. The predicted molar refractivity (Wildman–Crippen MR) is 105 cm³/mol. The molecular weight excluding hydrogens is 324 g/mol. The van der Waals surface area contributed by atoms with Crippen molar-refractivity contribution in [2.45, 2.75) is 39.7 Å². The van der Waals surface area contributed by atoms with Crippen LogP contribution in [0.5, 0.6) is 0 Å². The van der Waals surface area contributed by atoms with Gasteiger partial charge in [0.1, 0.15) is 12.4 Å². The lowest BCUT2D eigenvalue weighted by Gasteiger charge is -2.34. The highest BCUT2D eigenvalue weighted by Gasteiger charge is 2.21. The Hall–Kier alpha value is -2.37. The van der Waals surface area contributed by atoms with Crippen LogP contribution in [0.3, 0.4) is 0 Å². The van der Waals surface area contributed by atoms with Gasteiger partial charge in [0.2, 0.25) is 0 Å². The number of likely N-dealkylation sites (tertiary alicyclic amines) is 1. The molecule has 2 aromatic rings. The summed E-state index contributed by atoms with van der Waals surface area (Å²) in [5, 5.41) is 11.8. The third kappa shape index (κ3) is 4.62. The fourth-order valence-electron chi connectivity index (χ4n) is 3.46. The van der Waals surface area contributed by atoms with Crippen molar-refractivity contribution in [1.82, 2.24) is 25.0 Å². The third-order valence-corrected chi connectivity index (χ3v) is 5.17. The molecule has 1 aromatic carbocycles. The molecular formula is C20H30N6. The van der Waals surface area contributed by atoms with Gasteiger partial charge in [-0.1, -0.05) is 30.3 Å². The Bertz CT molecular complexity index is 713. The maximum atomic E-state index is 4.80. The zero-order chi connectivity index (χ0) is 18.4. The van der Waals surface area contributed by atoms with Crippen molar-refractivity contribution >= 4 is 5.96 Å². The first-order valence-electron chi connectivity index (χ1n) is 9.59. The van der Waals surface area contributed by atoms with E-state index in [2.05, 4.69) is 57.7 Å². The number of benzene rings is 1. The fourth-order valence-corrected chi connectivity index (χ4v) is 3.46. The first-order valence-corrected chi connectivity index (χ1v) is 9.59. The lowest BCUT2D eigenvalue weighted by Crippen LogP contribution is -2.45. The SMILES string of the molecule is CCNC(=NCc1nnc(C)n1C)N1CCC(Cc2ccccc2)CC1. The maximum Gasteiger partial charge on any atom is 0.194 e. The van der Waals surface area contributed by atoms with Gasteiger partial charge in [0.25, 0.3) is 0 Å². The van der Waals surface area contributed by atoms with Crippen molar-refractivity contribution in [2.24, 2.45) is 18.0 Å². The van der Waals surface area contributed by atoms with Crippen molar-refractivity contribution in [3.05, 3.63) is 47.5 Å². The number of hydrogen-bond donors (Lipinski definition) is 1. The molecule has 0 atom stereocenters. The van der Waals surface area contributed by atoms with E-state index in [4.69, 9.17) is 4.99 Å². The highest BCUT2D eigenvalue weighted by atomic mass is 15.3. The van der Waals surface area contributed by atoms with Crippen molar-refractivity contribution < 1.29 is 0 Å². The van der Waals surface area contributed by atoms with Crippen LogP contribution in [0, 0.1) is 12.8 Å². The summed E-state index contributed by atoms with van der Waals surface area (Å²) in [6.45, 7) is 7.62. The molecule has 6 nitrogen and oxygen atoms in total. The molecule has 3 rings (SSSR count). The normalized spacial score (nSPS) is 16.1. The molecule has 1 saturated heterocycles. The monoisotopic (exact) mass is 354 g/mol. The van der Waals surface area contributed by atoms with E-state index in [9.17, 15) is 0 Å². The standard InChI is InChI=1S/C20H30N6/c1-4-21-20(22-15-19-24-23-16(2)25(19)3)26-12-10-18(11-13-26)14-17-8-6-5-7-9-17/h5-9,18H,4,10-15H2,1-3H3,(H,21,22). The van der Waals surface area contributed by atoms with Gasteiger partial charge < -0.3 is 14.8 Å². The molecule has 140 valence electrons. The van der Waals surface area contributed by atoms with Gasteiger partial charge in [-0.05, 0) is 44.6 Å². The summed E-state index contributed by atoms with van der Waals surface area (Å²) in [5.74, 6) is 3.57. The lowest BCUT2D eigenvalue weighted by atomic mass is 9.90. The Morgan fingerprint density at radius 1 is 1.19 bits per heavy atom. The molecule has 0 spiro atoms. The lowest BCUT2D eigenvalue weighted by molar-refractivity contribution is 0.259. The number of hydrogen-bond acceptors (Lipinski definition) is 3. The molecule has 0 radical (unpaired) electrons. The molecule has 0 saturated carbocycles. The molecule has 0 unspecified atom stereocenters. The zero-order valence-electron chi connectivity index (χ0n) is 16.1. The molecule has 0 amide bonds. The number of nitrogens with one attached hydrogen (secondary N) is 1. The van der Waals surface area contributed by atoms with Crippen LogP contribution >= 0.6 is 0 Å². The highest BCUT2D eigenvalue weighted by Crippen LogP contribution is 2.21. The number of guanidine groups is 1. The van der Waals surface area contributed by atoms with Crippen molar-refractivity contribution in [3.8, 4) is 0 Å². The van der Waals surface area contributed by atoms with Crippen LogP contribution in [-0.4, -0.2) is 45.3 Å². The van der Waals surface area contributed by atoms with Gasteiger partial charge in [-0.3, -0.25) is 0 Å². The van der Waals surface area contributed by atoms with Gasteiger partial charge in [-0.2, -0.15) is 0 Å². The third-order valence-electron chi connectivity index (χ3n) is 5.17. The quantitative estimate of drug-likeness (QED) is 0.662. The summed E-state index contributed by atoms with van der Waals surface area (Å²) < 4.78 is 2.00. The molecule has 0 aliphatic carbocycles. The average molecular weight is 355 g/mol. The summed E-state index contributed by atoms with van der Waals surface area (Å²) in [6.07, 6.45) is 3.60. The van der Waals surface area contributed by atoms with E-state index in [1.807, 2.05) is 18.5 Å². The summed E-state index contributed by atoms with van der Waals surface area (Å²) in [4.78, 5) is 7.18. The molecule has 1 aliphatic rings. The molecule has 26 heavy (non-hydrogen) atoms. The van der Waals surface area contributed by atoms with Gasteiger partial charge >= 0.3 is 0 Å². The van der Waals surface area contributed by atoms with Crippen molar-refractivity contribution in [3.63, 3.8) is 0 Å². The minimum atomic E-state index is 0.559. The van der Waals surface area contributed by atoms with Gasteiger partial charge in [0.15, 0.2) is 11.8 Å². The second-order valence-corrected chi connectivity index (χ2v) is 7.01. The van der Waals surface area contributed by atoms with Gasteiger partial charge in [0, 0.05) is 26.7 Å². The van der Waals surface area contributed by atoms with Crippen LogP contribution in [0.1, 0.15) is 37.0 Å². The Kier molecular flexibility index (Phi) is 6.26. The maximum absolute atomic E-state index is 4.80. The van der Waals surface area contributed by atoms with E-state index < -0.39 is 0 Å². The first-order chi connectivity index (χ1) is 12.7. The molecule has 1 N–H and O–H groups in total. The van der Waals surface area contributed by atoms with E-state index in [0.29, 0.717) is 6.54 Å².